The quantitative estimate of drug-likeness (QED) is 0.328. The highest BCUT2D eigenvalue weighted by atomic mass is 32.2. The van der Waals surface area contributed by atoms with E-state index in [-0.39, 0.29) is 18.3 Å². The topological polar surface area (TPSA) is 64.1 Å². The van der Waals surface area contributed by atoms with Gasteiger partial charge in [0.2, 0.25) is 5.13 Å². The lowest BCUT2D eigenvalue weighted by atomic mass is 10.1. The Morgan fingerprint density at radius 1 is 1.03 bits per heavy atom. The number of nitrogens with zero attached hydrogens (tertiary/aromatic N) is 2. The fourth-order valence-corrected chi connectivity index (χ4v) is 4.48. The molecule has 0 aliphatic heterocycles. The zero-order valence-corrected chi connectivity index (χ0v) is 16.8. The zero-order valence-electron chi connectivity index (χ0n) is 15.2. The number of halogens is 1. The molecule has 1 heterocycles. The number of hydrogen-bond acceptors (Lipinski definition) is 6. The standard InChI is InChI=1S/C21H16FN3O2S2/c22-16-8-10-17(11-9-16)27-12-19(26)23-20-24-25-21(29-20)28-13-15-6-3-5-14-4-1-2-7-18(14)15/h1-11H,12-13H2,(H,23,24,26). The summed E-state index contributed by atoms with van der Waals surface area (Å²) >= 11 is 2.89. The summed E-state index contributed by atoms with van der Waals surface area (Å²) in [7, 11) is 0. The van der Waals surface area contributed by atoms with Gasteiger partial charge in [-0.1, -0.05) is 65.6 Å². The molecule has 146 valence electrons. The number of carbonyl (C=O) groups is 1. The molecule has 0 aliphatic carbocycles. The van der Waals surface area contributed by atoms with Gasteiger partial charge in [0, 0.05) is 5.75 Å². The van der Waals surface area contributed by atoms with Gasteiger partial charge in [-0.05, 0) is 40.6 Å². The van der Waals surface area contributed by atoms with E-state index in [1.165, 1.54) is 51.9 Å². The number of aromatic nitrogens is 2. The number of amides is 1. The Bertz CT molecular complexity index is 1130. The normalized spacial score (nSPS) is 10.8. The molecule has 1 aromatic heterocycles. The Labute approximate surface area is 174 Å². The molecule has 1 amide bonds. The summed E-state index contributed by atoms with van der Waals surface area (Å²) in [6, 6.07) is 20.0. The maximum absolute atomic E-state index is 12.9. The number of thioether (sulfide) groups is 1. The van der Waals surface area contributed by atoms with Crippen molar-refractivity contribution < 1.29 is 13.9 Å². The van der Waals surface area contributed by atoms with Gasteiger partial charge in [-0.2, -0.15) is 0 Å². The van der Waals surface area contributed by atoms with E-state index in [1.54, 1.807) is 11.8 Å². The summed E-state index contributed by atoms with van der Waals surface area (Å²) < 4.78 is 19.0. The SMILES string of the molecule is O=C(COc1ccc(F)cc1)Nc1nnc(SCc2cccc3ccccc23)s1. The smallest absolute Gasteiger partial charge is 0.264 e. The van der Waals surface area contributed by atoms with Crippen LogP contribution >= 0.6 is 23.1 Å². The number of rotatable bonds is 7. The van der Waals surface area contributed by atoms with E-state index in [1.807, 2.05) is 18.2 Å². The third kappa shape index (κ3) is 5.10. The summed E-state index contributed by atoms with van der Waals surface area (Å²) in [4.78, 5) is 12.0. The second-order valence-electron chi connectivity index (χ2n) is 6.09. The second kappa shape index (κ2) is 9.02. The first-order valence-corrected chi connectivity index (χ1v) is 10.6. The van der Waals surface area contributed by atoms with Crippen LogP contribution in [-0.4, -0.2) is 22.7 Å². The number of carbonyl (C=O) groups excluding carboxylic acids is 1. The van der Waals surface area contributed by atoms with Crippen LogP contribution in [0.25, 0.3) is 10.8 Å². The monoisotopic (exact) mass is 425 g/mol. The van der Waals surface area contributed by atoms with Crippen molar-refractivity contribution in [2.24, 2.45) is 0 Å². The molecule has 1 N–H and O–H groups in total. The highest BCUT2D eigenvalue weighted by Crippen LogP contribution is 2.30. The first-order valence-electron chi connectivity index (χ1n) is 8.78. The van der Waals surface area contributed by atoms with E-state index in [4.69, 9.17) is 4.74 Å². The molecule has 0 fully saturated rings. The summed E-state index contributed by atoms with van der Waals surface area (Å²) in [6.45, 7) is -0.191. The number of nitrogens with one attached hydrogen (secondary N) is 1. The molecule has 0 aliphatic rings. The number of benzene rings is 3. The van der Waals surface area contributed by atoms with E-state index in [0.717, 1.165) is 10.1 Å². The van der Waals surface area contributed by atoms with Gasteiger partial charge in [-0.15, -0.1) is 10.2 Å². The van der Waals surface area contributed by atoms with Crippen LogP contribution in [-0.2, 0) is 10.5 Å². The minimum atomic E-state index is -0.357. The molecule has 29 heavy (non-hydrogen) atoms. The molecule has 0 spiro atoms. The number of ether oxygens (including phenoxy) is 1. The Morgan fingerprint density at radius 3 is 2.69 bits per heavy atom. The van der Waals surface area contributed by atoms with Crippen LogP contribution in [0.15, 0.2) is 71.1 Å². The molecular formula is C21H16FN3O2S2. The second-order valence-corrected chi connectivity index (χ2v) is 8.29. The highest BCUT2D eigenvalue weighted by molar-refractivity contribution is 8.00. The van der Waals surface area contributed by atoms with Crippen LogP contribution in [0.4, 0.5) is 9.52 Å². The van der Waals surface area contributed by atoms with Crippen molar-refractivity contribution in [2.75, 3.05) is 11.9 Å². The summed E-state index contributed by atoms with van der Waals surface area (Å²) in [5, 5.41) is 13.6. The van der Waals surface area contributed by atoms with Crippen LogP contribution in [0.3, 0.4) is 0 Å². The van der Waals surface area contributed by atoms with E-state index in [2.05, 4.69) is 39.8 Å². The Kier molecular flexibility index (Phi) is 6.02. The van der Waals surface area contributed by atoms with Crippen molar-refractivity contribution in [3.63, 3.8) is 0 Å². The molecule has 0 unspecified atom stereocenters. The average molecular weight is 426 g/mol. The van der Waals surface area contributed by atoms with Gasteiger partial charge in [-0.25, -0.2) is 4.39 Å². The van der Waals surface area contributed by atoms with E-state index in [9.17, 15) is 9.18 Å². The van der Waals surface area contributed by atoms with Gasteiger partial charge in [0.05, 0.1) is 0 Å². The van der Waals surface area contributed by atoms with Crippen molar-refractivity contribution in [3.05, 3.63) is 78.1 Å². The van der Waals surface area contributed by atoms with Gasteiger partial charge in [0.1, 0.15) is 11.6 Å². The minimum Gasteiger partial charge on any atom is -0.484 e. The Balaban J connectivity index is 1.31. The van der Waals surface area contributed by atoms with Gasteiger partial charge in [-0.3, -0.25) is 10.1 Å². The van der Waals surface area contributed by atoms with E-state index < -0.39 is 0 Å². The van der Waals surface area contributed by atoms with Crippen LogP contribution in [0.1, 0.15) is 5.56 Å². The van der Waals surface area contributed by atoms with E-state index >= 15 is 0 Å². The lowest BCUT2D eigenvalue weighted by Gasteiger charge is -2.05. The molecule has 0 saturated heterocycles. The fraction of sp³-hybridized carbons (Fsp3) is 0.0952. The van der Waals surface area contributed by atoms with E-state index in [0.29, 0.717) is 10.9 Å². The first-order chi connectivity index (χ1) is 14.2. The summed E-state index contributed by atoms with van der Waals surface area (Å²) in [5.41, 5.74) is 1.22. The van der Waals surface area contributed by atoms with Crippen molar-refractivity contribution in [3.8, 4) is 5.75 Å². The average Bonchev–Trinajstić information content (AvgIpc) is 3.19. The molecule has 0 radical (unpaired) electrons. The van der Waals surface area contributed by atoms with Gasteiger partial charge < -0.3 is 4.74 Å². The Hall–Kier alpha value is -2.97. The van der Waals surface area contributed by atoms with Gasteiger partial charge >= 0.3 is 0 Å². The number of fused-ring (bicyclic) bond motifs is 1. The predicted molar refractivity (Wildman–Crippen MR) is 114 cm³/mol. The first kappa shape index (κ1) is 19.4. The van der Waals surface area contributed by atoms with Crippen LogP contribution in [0.2, 0.25) is 0 Å². The largest absolute Gasteiger partial charge is 0.484 e. The third-order valence-electron chi connectivity index (χ3n) is 4.07. The molecule has 5 nitrogen and oxygen atoms in total. The maximum Gasteiger partial charge on any atom is 0.264 e. The molecule has 4 rings (SSSR count). The fourth-order valence-electron chi connectivity index (χ4n) is 2.71. The zero-order chi connectivity index (χ0) is 20.1. The minimum absolute atomic E-state index is 0.191. The molecule has 0 bridgehead atoms. The predicted octanol–water partition coefficient (Wildman–Crippen LogP) is 5.14. The molecular weight excluding hydrogens is 409 g/mol. The molecule has 0 atom stereocenters. The van der Waals surface area contributed by atoms with Crippen LogP contribution in [0.5, 0.6) is 5.75 Å². The van der Waals surface area contributed by atoms with Crippen LogP contribution in [0, 0.1) is 5.82 Å². The number of anilines is 1. The number of hydrogen-bond donors (Lipinski definition) is 1. The van der Waals surface area contributed by atoms with Gasteiger partial charge in [0.25, 0.3) is 5.91 Å². The maximum atomic E-state index is 12.9. The molecule has 4 aromatic rings. The molecule has 3 aromatic carbocycles. The molecule has 8 heteroatoms. The van der Waals surface area contributed by atoms with Crippen molar-refractivity contribution >= 4 is 44.9 Å². The summed E-state index contributed by atoms with van der Waals surface area (Å²) in [6.07, 6.45) is 0. The van der Waals surface area contributed by atoms with Gasteiger partial charge in [0.15, 0.2) is 10.9 Å². The van der Waals surface area contributed by atoms with Crippen molar-refractivity contribution in [1.82, 2.24) is 10.2 Å². The molecule has 0 saturated carbocycles. The third-order valence-corrected chi connectivity index (χ3v) is 6.09. The summed E-state index contributed by atoms with van der Waals surface area (Å²) in [5.74, 6) is 0.475. The highest BCUT2D eigenvalue weighted by Gasteiger charge is 2.10. The lowest BCUT2D eigenvalue weighted by Crippen LogP contribution is -2.20. The Morgan fingerprint density at radius 2 is 1.83 bits per heavy atom. The van der Waals surface area contributed by atoms with Crippen LogP contribution < -0.4 is 10.1 Å². The lowest BCUT2D eigenvalue weighted by molar-refractivity contribution is -0.118. The van der Waals surface area contributed by atoms with Crippen molar-refractivity contribution in [2.45, 2.75) is 10.1 Å². The van der Waals surface area contributed by atoms with Crippen molar-refractivity contribution in [1.29, 1.82) is 0 Å².